The molecule has 1 aliphatic rings. The number of aromatic nitrogens is 1. The van der Waals surface area contributed by atoms with Crippen molar-refractivity contribution in [1.29, 1.82) is 0 Å². The number of hydrazine groups is 1. The van der Waals surface area contributed by atoms with E-state index in [1.807, 2.05) is 6.07 Å². The lowest BCUT2D eigenvalue weighted by molar-refractivity contribution is 0.0845. The number of hydrogen-bond donors (Lipinski definition) is 2. The fourth-order valence-electron chi connectivity index (χ4n) is 3.12. The van der Waals surface area contributed by atoms with E-state index >= 15 is 0 Å². The minimum absolute atomic E-state index is 0.393. The zero-order valence-electron chi connectivity index (χ0n) is 15.2. The van der Waals surface area contributed by atoms with Gasteiger partial charge in [0.15, 0.2) is 0 Å². The summed E-state index contributed by atoms with van der Waals surface area (Å²) in [5, 5.41) is 0. The summed E-state index contributed by atoms with van der Waals surface area (Å²) in [4.78, 5) is 31.0. The third kappa shape index (κ3) is 4.22. The lowest BCUT2D eigenvalue weighted by Gasteiger charge is -2.21. The molecule has 0 unspecified atom stereocenters. The number of nitrogens with one attached hydrogen (secondary N) is 2. The van der Waals surface area contributed by atoms with Crippen molar-refractivity contribution >= 4 is 17.6 Å². The van der Waals surface area contributed by atoms with Crippen LogP contribution in [0.2, 0.25) is 0 Å². The van der Waals surface area contributed by atoms with Crippen LogP contribution in [0.4, 0.5) is 5.82 Å². The quantitative estimate of drug-likeness (QED) is 0.826. The van der Waals surface area contributed by atoms with Crippen LogP contribution in [0.5, 0.6) is 0 Å². The number of furan rings is 1. The van der Waals surface area contributed by atoms with Gasteiger partial charge in [0.2, 0.25) is 0 Å². The van der Waals surface area contributed by atoms with Gasteiger partial charge in [-0.05, 0) is 44.9 Å². The molecule has 2 N–H and O–H groups in total. The SMILES string of the molecule is Cc1cc(C(=O)NNC(=O)c2ccc(N3CCCCCC3)nc2)c(C)o1. The van der Waals surface area contributed by atoms with Crippen molar-refractivity contribution in [3.8, 4) is 0 Å². The van der Waals surface area contributed by atoms with Crippen molar-refractivity contribution in [2.75, 3.05) is 18.0 Å². The Morgan fingerprint density at radius 3 is 2.31 bits per heavy atom. The number of amides is 2. The van der Waals surface area contributed by atoms with Gasteiger partial charge in [-0.3, -0.25) is 20.4 Å². The topological polar surface area (TPSA) is 87.5 Å². The second kappa shape index (κ2) is 8.03. The molecule has 1 saturated heterocycles. The molecule has 0 saturated carbocycles. The highest BCUT2D eigenvalue weighted by molar-refractivity contribution is 5.99. The van der Waals surface area contributed by atoms with Crippen LogP contribution in [0.1, 0.15) is 57.9 Å². The molecule has 138 valence electrons. The van der Waals surface area contributed by atoms with Gasteiger partial charge in [-0.2, -0.15) is 0 Å². The minimum atomic E-state index is -0.415. The number of anilines is 1. The van der Waals surface area contributed by atoms with E-state index in [0.29, 0.717) is 22.6 Å². The smallest absolute Gasteiger partial charge is 0.273 e. The molecule has 0 spiro atoms. The van der Waals surface area contributed by atoms with Crippen molar-refractivity contribution < 1.29 is 14.0 Å². The maximum Gasteiger partial charge on any atom is 0.273 e. The maximum absolute atomic E-state index is 12.2. The Morgan fingerprint density at radius 1 is 1.04 bits per heavy atom. The number of nitrogens with zero attached hydrogens (tertiary/aromatic N) is 2. The molecule has 3 heterocycles. The Hall–Kier alpha value is -2.83. The van der Waals surface area contributed by atoms with E-state index in [1.54, 1.807) is 26.0 Å². The predicted octanol–water partition coefficient (Wildman–Crippen LogP) is 2.75. The molecule has 1 fully saturated rings. The molecule has 26 heavy (non-hydrogen) atoms. The average molecular weight is 356 g/mol. The molecule has 2 aromatic rings. The molecule has 0 radical (unpaired) electrons. The second-order valence-corrected chi connectivity index (χ2v) is 6.54. The molecular formula is C19H24N4O3. The summed E-state index contributed by atoms with van der Waals surface area (Å²) >= 11 is 0. The van der Waals surface area contributed by atoms with Gasteiger partial charge in [-0.1, -0.05) is 12.8 Å². The third-order valence-corrected chi connectivity index (χ3v) is 4.52. The largest absolute Gasteiger partial charge is 0.466 e. The molecular weight excluding hydrogens is 332 g/mol. The predicted molar refractivity (Wildman–Crippen MR) is 98.0 cm³/mol. The zero-order chi connectivity index (χ0) is 18.5. The first-order valence-corrected chi connectivity index (χ1v) is 8.93. The van der Waals surface area contributed by atoms with Crippen LogP contribution in [-0.4, -0.2) is 29.9 Å². The zero-order valence-corrected chi connectivity index (χ0v) is 15.2. The Balaban J connectivity index is 1.57. The van der Waals surface area contributed by atoms with E-state index in [-0.39, 0.29) is 0 Å². The summed E-state index contributed by atoms with van der Waals surface area (Å²) < 4.78 is 5.32. The standard InChI is InChI=1S/C19H24N4O3/c1-13-11-16(14(2)26-13)19(25)22-21-18(24)15-7-8-17(20-12-15)23-9-5-3-4-6-10-23/h7-8,11-12H,3-6,9-10H2,1-2H3,(H,21,24)(H,22,25). The van der Waals surface area contributed by atoms with Gasteiger partial charge in [0.05, 0.1) is 11.1 Å². The number of rotatable bonds is 3. The molecule has 2 amide bonds. The maximum atomic E-state index is 12.2. The van der Waals surface area contributed by atoms with Crippen LogP contribution >= 0.6 is 0 Å². The monoisotopic (exact) mass is 356 g/mol. The molecule has 0 aliphatic carbocycles. The van der Waals surface area contributed by atoms with Crippen LogP contribution < -0.4 is 15.8 Å². The number of hydrogen-bond acceptors (Lipinski definition) is 5. The van der Waals surface area contributed by atoms with Crippen molar-refractivity contribution in [3.05, 3.63) is 47.0 Å². The summed E-state index contributed by atoms with van der Waals surface area (Å²) in [7, 11) is 0. The fraction of sp³-hybridized carbons (Fsp3) is 0.421. The van der Waals surface area contributed by atoms with Crippen LogP contribution in [0.25, 0.3) is 0 Å². The summed E-state index contributed by atoms with van der Waals surface area (Å²) in [5.41, 5.74) is 5.60. The van der Waals surface area contributed by atoms with Crippen LogP contribution in [0, 0.1) is 13.8 Å². The van der Waals surface area contributed by atoms with Crippen molar-refractivity contribution in [1.82, 2.24) is 15.8 Å². The summed E-state index contributed by atoms with van der Waals surface area (Å²) in [6, 6.07) is 5.21. The summed E-state index contributed by atoms with van der Waals surface area (Å²) in [6.07, 6.45) is 6.39. The number of pyridine rings is 1. The average Bonchev–Trinajstić information content (AvgIpc) is 2.84. The van der Waals surface area contributed by atoms with E-state index in [1.165, 1.54) is 31.9 Å². The molecule has 2 aromatic heterocycles. The highest BCUT2D eigenvalue weighted by atomic mass is 16.3. The van der Waals surface area contributed by atoms with E-state index in [4.69, 9.17) is 4.42 Å². The third-order valence-electron chi connectivity index (χ3n) is 4.52. The number of aryl methyl sites for hydroxylation is 2. The van der Waals surface area contributed by atoms with Crippen molar-refractivity contribution in [2.24, 2.45) is 0 Å². The lowest BCUT2D eigenvalue weighted by atomic mass is 10.2. The first-order chi connectivity index (χ1) is 12.5. The van der Waals surface area contributed by atoms with Crippen LogP contribution in [0.3, 0.4) is 0 Å². The molecule has 0 atom stereocenters. The van der Waals surface area contributed by atoms with Crippen LogP contribution in [0.15, 0.2) is 28.8 Å². The highest BCUT2D eigenvalue weighted by Gasteiger charge is 2.16. The van der Waals surface area contributed by atoms with Gasteiger partial charge in [0.1, 0.15) is 17.3 Å². The van der Waals surface area contributed by atoms with Crippen molar-refractivity contribution in [3.63, 3.8) is 0 Å². The van der Waals surface area contributed by atoms with Gasteiger partial charge in [-0.15, -0.1) is 0 Å². The van der Waals surface area contributed by atoms with Gasteiger partial charge in [0, 0.05) is 19.3 Å². The van der Waals surface area contributed by atoms with E-state index in [2.05, 4.69) is 20.7 Å². The molecule has 3 rings (SSSR count). The normalized spacial score (nSPS) is 14.6. The Bertz CT molecular complexity index is 775. The molecule has 0 aromatic carbocycles. The first-order valence-electron chi connectivity index (χ1n) is 8.93. The Morgan fingerprint density at radius 2 is 1.73 bits per heavy atom. The number of carbonyl (C=O) groups is 2. The first kappa shape index (κ1) is 18.0. The van der Waals surface area contributed by atoms with E-state index < -0.39 is 11.8 Å². The van der Waals surface area contributed by atoms with Gasteiger partial charge < -0.3 is 9.32 Å². The molecule has 1 aliphatic heterocycles. The number of carbonyl (C=O) groups excluding carboxylic acids is 2. The molecule has 7 nitrogen and oxygen atoms in total. The second-order valence-electron chi connectivity index (χ2n) is 6.54. The van der Waals surface area contributed by atoms with E-state index in [9.17, 15) is 9.59 Å². The van der Waals surface area contributed by atoms with Crippen molar-refractivity contribution in [2.45, 2.75) is 39.5 Å². The minimum Gasteiger partial charge on any atom is -0.466 e. The van der Waals surface area contributed by atoms with E-state index in [0.717, 1.165) is 18.9 Å². The van der Waals surface area contributed by atoms with Gasteiger partial charge in [-0.25, -0.2) is 4.98 Å². The summed E-state index contributed by atoms with van der Waals surface area (Å²) in [5.74, 6) is 1.22. The fourth-order valence-corrected chi connectivity index (χ4v) is 3.12. The van der Waals surface area contributed by atoms with Gasteiger partial charge >= 0.3 is 0 Å². The Labute approximate surface area is 152 Å². The highest BCUT2D eigenvalue weighted by Crippen LogP contribution is 2.17. The molecule has 7 heteroatoms. The lowest BCUT2D eigenvalue weighted by Crippen LogP contribution is -2.41. The van der Waals surface area contributed by atoms with Crippen LogP contribution in [-0.2, 0) is 0 Å². The Kier molecular flexibility index (Phi) is 5.55. The summed E-state index contributed by atoms with van der Waals surface area (Å²) in [6.45, 7) is 5.46. The molecule has 0 bridgehead atoms. The van der Waals surface area contributed by atoms with Gasteiger partial charge in [0.25, 0.3) is 11.8 Å².